The topological polar surface area (TPSA) is 123 Å². The van der Waals surface area contributed by atoms with E-state index in [4.69, 9.17) is 19.7 Å². The molecule has 1 aliphatic heterocycles. The predicted octanol–water partition coefficient (Wildman–Crippen LogP) is 2.38. The van der Waals surface area contributed by atoms with Crippen LogP contribution in [0.15, 0.2) is 54.6 Å². The van der Waals surface area contributed by atoms with Crippen LogP contribution >= 0.6 is 0 Å². The summed E-state index contributed by atoms with van der Waals surface area (Å²) >= 11 is 0. The maximum atomic E-state index is 14.2. The van der Waals surface area contributed by atoms with Gasteiger partial charge in [0.2, 0.25) is 5.88 Å². The van der Waals surface area contributed by atoms with Gasteiger partial charge in [-0.25, -0.2) is 23.1 Å². The Morgan fingerprint density at radius 3 is 2.58 bits per heavy atom. The molecular weight excluding hydrogens is 440 g/mol. The average Bonchev–Trinajstić information content (AvgIpc) is 3.17. The Kier molecular flexibility index (Phi) is 8.06. The Morgan fingerprint density at radius 1 is 1.18 bits per heavy atom. The fourth-order valence-corrected chi connectivity index (χ4v) is 3.02. The minimum atomic E-state index is -1.26. The fraction of sp³-hybridized carbons (Fsp3) is 0.227. The molecule has 4 rings (SSSR count). The van der Waals surface area contributed by atoms with Gasteiger partial charge in [-0.15, -0.1) is 5.10 Å². The van der Waals surface area contributed by atoms with Crippen molar-refractivity contribution in [3.05, 3.63) is 66.3 Å². The van der Waals surface area contributed by atoms with Crippen LogP contribution < -0.4 is 10.1 Å². The number of para-hydroxylation sites is 1. The van der Waals surface area contributed by atoms with Gasteiger partial charge in [-0.2, -0.15) is 0 Å². The first-order valence-corrected chi connectivity index (χ1v) is 9.87. The van der Waals surface area contributed by atoms with E-state index in [0.29, 0.717) is 43.3 Å². The molecule has 11 heteroatoms. The third-order valence-corrected chi connectivity index (χ3v) is 4.47. The molecule has 0 spiro atoms. The highest BCUT2D eigenvalue weighted by atomic mass is 19.1. The normalized spacial score (nSPS) is 15.8. The van der Waals surface area contributed by atoms with Crippen molar-refractivity contribution in [3.63, 3.8) is 0 Å². The van der Waals surface area contributed by atoms with E-state index in [1.54, 1.807) is 6.07 Å². The number of carbonyl (C=O) groups is 2. The van der Waals surface area contributed by atoms with Gasteiger partial charge >= 0.3 is 11.9 Å². The summed E-state index contributed by atoms with van der Waals surface area (Å²) in [6.07, 6.45) is 1.05. The molecule has 33 heavy (non-hydrogen) atoms. The molecule has 3 N–H and O–H groups in total. The molecule has 2 heterocycles. The van der Waals surface area contributed by atoms with E-state index in [-0.39, 0.29) is 11.8 Å². The number of ether oxygens (including phenoxy) is 2. The van der Waals surface area contributed by atoms with Gasteiger partial charge in [0.15, 0.2) is 0 Å². The van der Waals surface area contributed by atoms with Crippen molar-refractivity contribution in [2.75, 3.05) is 26.3 Å². The third-order valence-electron chi connectivity index (χ3n) is 4.47. The van der Waals surface area contributed by atoms with Crippen LogP contribution in [0.1, 0.15) is 0 Å². The second-order valence-corrected chi connectivity index (χ2v) is 6.85. The van der Waals surface area contributed by atoms with Gasteiger partial charge in [0.05, 0.1) is 17.5 Å². The predicted molar refractivity (Wildman–Crippen MR) is 114 cm³/mol. The van der Waals surface area contributed by atoms with Crippen molar-refractivity contribution in [2.45, 2.75) is 6.10 Å². The Balaban J connectivity index is 0.000000331. The molecule has 0 bridgehead atoms. The van der Waals surface area contributed by atoms with Gasteiger partial charge in [0, 0.05) is 31.3 Å². The van der Waals surface area contributed by atoms with Crippen molar-refractivity contribution >= 4 is 22.8 Å². The number of halogens is 2. The summed E-state index contributed by atoms with van der Waals surface area (Å²) in [6.45, 7) is 2.50. The summed E-state index contributed by atoms with van der Waals surface area (Å²) in [4.78, 5) is 19.1. The maximum Gasteiger partial charge on any atom is 0.328 e. The molecule has 0 saturated carbocycles. The molecule has 0 unspecified atom stereocenters. The summed E-state index contributed by atoms with van der Waals surface area (Å²) in [6, 6.07) is 10.6. The molecule has 1 aromatic heterocycles. The van der Waals surface area contributed by atoms with Crippen LogP contribution in [0.25, 0.3) is 16.6 Å². The maximum absolute atomic E-state index is 14.2. The Bertz CT molecular complexity index is 1140. The Hall–Kier alpha value is -3.83. The number of benzene rings is 2. The van der Waals surface area contributed by atoms with E-state index in [0.717, 1.165) is 30.1 Å². The van der Waals surface area contributed by atoms with Gasteiger partial charge in [0.25, 0.3) is 0 Å². The van der Waals surface area contributed by atoms with Crippen molar-refractivity contribution in [1.82, 2.24) is 15.1 Å². The first-order chi connectivity index (χ1) is 15.8. The molecule has 1 fully saturated rings. The van der Waals surface area contributed by atoms with Crippen molar-refractivity contribution < 1.29 is 38.1 Å². The van der Waals surface area contributed by atoms with E-state index < -0.39 is 23.6 Å². The first-order valence-electron chi connectivity index (χ1n) is 9.87. The smallest absolute Gasteiger partial charge is 0.328 e. The van der Waals surface area contributed by atoms with Crippen LogP contribution in [-0.4, -0.2) is 64.3 Å². The van der Waals surface area contributed by atoms with E-state index in [1.165, 1.54) is 4.68 Å². The highest BCUT2D eigenvalue weighted by molar-refractivity contribution is 5.89. The zero-order chi connectivity index (χ0) is 23.8. The van der Waals surface area contributed by atoms with Crippen molar-refractivity contribution in [2.24, 2.45) is 0 Å². The SMILES string of the molecule is Fc1ccc(F)c(-n2nc(OC[C@@H]3CNCCO3)c3ccccc32)c1.O=C(O)C=CC(=O)O. The van der Waals surface area contributed by atoms with Gasteiger partial charge < -0.3 is 25.0 Å². The highest BCUT2D eigenvalue weighted by Crippen LogP contribution is 2.28. The number of nitrogens with one attached hydrogen (secondary N) is 1. The minimum absolute atomic E-state index is 0.0432. The molecule has 0 aliphatic carbocycles. The highest BCUT2D eigenvalue weighted by Gasteiger charge is 2.19. The van der Waals surface area contributed by atoms with Crippen LogP contribution in [0.5, 0.6) is 5.88 Å². The quantitative estimate of drug-likeness (QED) is 0.479. The van der Waals surface area contributed by atoms with Crippen LogP contribution in [0.3, 0.4) is 0 Å². The van der Waals surface area contributed by atoms with E-state index in [1.807, 2.05) is 18.2 Å². The monoisotopic (exact) mass is 461 g/mol. The largest absolute Gasteiger partial charge is 0.478 e. The third kappa shape index (κ3) is 6.57. The van der Waals surface area contributed by atoms with E-state index >= 15 is 0 Å². The van der Waals surface area contributed by atoms with Crippen LogP contribution in [0.4, 0.5) is 8.78 Å². The standard InChI is InChI=1S/C18H17F2N3O2.C4H4O4/c19-12-5-6-15(20)17(9-12)23-16-4-2-1-3-14(16)18(22-23)25-11-13-10-21-7-8-24-13;5-3(6)1-2-4(7)8/h1-6,9,13,21H,7-8,10-11H2;1-2H,(H,5,6)(H,7,8)/t13-;/m0./s1. The number of aromatic nitrogens is 2. The number of fused-ring (bicyclic) bond motifs is 1. The number of hydrogen-bond acceptors (Lipinski definition) is 6. The average molecular weight is 461 g/mol. The van der Waals surface area contributed by atoms with Crippen LogP contribution in [-0.2, 0) is 14.3 Å². The molecule has 2 aromatic carbocycles. The molecule has 174 valence electrons. The minimum Gasteiger partial charge on any atom is -0.478 e. The lowest BCUT2D eigenvalue weighted by Crippen LogP contribution is -2.41. The summed E-state index contributed by atoms with van der Waals surface area (Å²) < 4.78 is 40.5. The number of morpholine rings is 1. The lowest BCUT2D eigenvalue weighted by atomic mass is 10.2. The van der Waals surface area contributed by atoms with E-state index in [9.17, 15) is 18.4 Å². The van der Waals surface area contributed by atoms with Gasteiger partial charge in [-0.05, 0) is 24.3 Å². The molecule has 0 amide bonds. The fourth-order valence-electron chi connectivity index (χ4n) is 3.02. The second kappa shape index (κ2) is 11.2. The van der Waals surface area contributed by atoms with Crippen molar-refractivity contribution in [1.29, 1.82) is 0 Å². The molecule has 3 aromatic rings. The summed E-state index contributed by atoms with van der Waals surface area (Å²) in [5.74, 6) is -3.23. The van der Waals surface area contributed by atoms with Gasteiger partial charge in [-0.3, -0.25) is 0 Å². The molecule has 9 nitrogen and oxygen atoms in total. The Labute approximate surface area is 186 Å². The van der Waals surface area contributed by atoms with Crippen molar-refractivity contribution in [3.8, 4) is 11.6 Å². The number of nitrogens with zero attached hydrogens (tertiary/aromatic N) is 2. The Morgan fingerprint density at radius 2 is 1.91 bits per heavy atom. The summed E-state index contributed by atoms with van der Waals surface area (Å²) in [7, 11) is 0. The summed E-state index contributed by atoms with van der Waals surface area (Å²) in [5, 5.41) is 23.9. The number of aliphatic carboxylic acids is 2. The van der Waals surface area contributed by atoms with Crippen LogP contribution in [0, 0.1) is 11.6 Å². The molecular formula is C22H21F2N3O6. The molecule has 1 atom stereocenters. The van der Waals surface area contributed by atoms with Gasteiger partial charge in [0.1, 0.15) is 30.0 Å². The van der Waals surface area contributed by atoms with E-state index in [2.05, 4.69) is 10.4 Å². The molecule has 1 aliphatic rings. The lowest BCUT2D eigenvalue weighted by Gasteiger charge is -2.23. The summed E-state index contributed by atoms with van der Waals surface area (Å²) in [5.41, 5.74) is 0.686. The molecule has 0 radical (unpaired) electrons. The number of carboxylic acid groups (broad SMARTS) is 2. The zero-order valence-corrected chi connectivity index (χ0v) is 17.3. The first kappa shape index (κ1) is 23.8. The number of hydrogen-bond donors (Lipinski definition) is 3. The second-order valence-electron chi connectivity index (χ2n) is 6.85. The zero-order valence-electron chi connectivity index (χ0n) is 17.3. The number of carboxylic acids is 2. The van der Waals surface area contributed by atoms with Gasteiger partial charge in [-0.1, -0.05) is 12.1 Å². The lowest BCUT2D eigenvalue weighted by molar-refractivity contribution is -0.134. The number of rotatable bonds is 6. The molecule has 1 saturated heterocycles. The van der Waals surface area contributed by atoms with Crippen LogP contribution in [0.2, 0.25) is 0 Å².